The molecular weight excluding hydrogens is 378 g/mol. The molecule has 0 atom stereocenters. The van der Waals surface area contributed by atoms with E-state index in [2.05, 4.69) is 15.5 Å². The molecule has 28 heavy (non-hydrogen) atoms. The fraction of sp³-hybridized carbons (Fsp3) is 0.143. The van der Waals surface area contributed by atoms with Gasteiger partial charge in [0.2, 0.25) is 0 Å². The molecule has 7 heteroatoms. The fourth-order valence-electron chi connectivity index (χ4n) is 3.11. The van der Waals surface area contributed by atoms with Gasteiger partial charge in [0.05, 0.1) is 0 Å². The minimum absolute atomic E-state index is 0.184. The maximum Gasteiger partial charge on any atom is 0.273 e. The lowest BCUT2D eigenvalue weighted by atomic mass is 10.1. The van der Waals surface area contributed by atoms with E-state index in [-0.39, 0.29) is 17.4 Å². The van der Waals surface area contributed by atoms with E-state index in [4.69, 9.17) is 16.1 Å². The van der Waals surface area contributed by atoms with Crippen LogP contribution in [-0.4, -0.2) is 27.7 Å². The summed E-state index contributed by atoms with van der Waals surface area (Å²) in [7, 11) is 0. The van der Waals surface area contributed by atoms with Gasteiger partial charge in [-0.25, -0.2) is 0 Å². The summed E-state index contributed by atoms with van der Waals surface area (Å²) in [5.74, 6) is 0.395. The van der Waals surface area contributed by atoms with E-state index in [0.29, 0.717) is 35.7 Å². The van der Waals surface area contributed by atoms with Gasteiger partial charge in [0.1, 0.15) is 11.5 Å². The average molecular weight is 396 g/mol. The molecular formula is C21H18ClN3O3. The highest BCUT2D eigenvalue weighted by Gasteiger charge is 2.14. The van der Waals surface area contributed by atoms with Crippen molar-refractivity contribution < 1.29 is 14.4 Å². The van der Waals surface area contributed by atoms with Crippen LogP contribution in [0.1, 0.15) is 27.4 Å². The van der Waals surface area contributed by atoms with E-state index >= 15 is 0 Å². The Balaban J connectivity index is 1.36. The molecule has 1 amide bonds. The lowest BCUT2D eigenvalue weighted by Crippen LogP contribution is -2.25. The van der Waals surface area contributed by atoms with Gasteiger partial charge in [0.15, 0.2) is 5.69 Å². The van der Waals surface area contributed by atoms with Crippen LogP contribution in [-0.2, 0) is 12.8 Å². The van der Waals surface area contributed by atoms with E-state index in [9.17, 15) is 9.90 Å². The number of phenols is 1. The van der Waals surface area contributed by atoms with Gasteiger partial charge in [-0.05, 0) is 36.2 Å². The summed E-state index contributed by atoms with van der Waals surface area (Å²) in [5, 5.41) is 18.2. The van der Waals surface area contributed by atoms with Crippen molar-refractivity contribution in [2.24, 2.45) is 0 Å². The van der Waals surface area contributed by atoms with Crippen molar-refractivity contribution in [3.05, 3.63) is 82.3 Å². The van der Waals surface area contributed by atoms with Crippen LogP contribution < -0.4 is 5.32 Å². The minimum Gasteiger partial charge on any atom is -0.508 e. The van der Waals surface area contributed by atoms with Crippen LogP contribution in [0.15, 0.2) is 59.3 Å². The van der Waals surface area contributed by atoms with Crippen LogP contribution >= 0.6 is 11.6 Å². The number of benzene rings is 2. The van der Waals surface area contributed by atoms with Crippen molar-refractivity contribution in [1.29, 1.82) is 0 Å². The van der Waals surface area contributed by atoms with Gasteiger partial charge in [-0.2, -0.15) is 0 Å². The van der Waals surface area contributed by atoms with Gasteiger partial charge in [-0.3, -0.25) is 4.79 Å². The Hall–Kier alpha value is -3.25. The van der Waals surface area contributed by atoms with Crippen LogP contribution in [0.5, 0.6) is 5.75 Å². The predicted molar refractivity (Wildman–Crippen MR) is 107 cm³/mol. The quantitative estimate of drug-likeness (QED) is 0.458. The van der Waals surface area contributed by atoms with E-state index in [1.807, 2.05) is 30.5 Å². The van der Waals surface area contributed by atoms with Crippen LogP contribution in [0, 0.1) is 0 Å². The lowest BCUT2D eigenvalue weighted by molar-refractivity contribution is 0.0945. The molecule has 0 spiro atoms. The molecule has 0 saturated carbocycles. The second-order valence-corrected chi connectivity index (χ2v) is 6.93. The number of aromatic hydroxyl groups is 1. The van der Waals surface area contributed by atoms with Crippen molar-refractivity contribution in [2.75, 3.05) is 6.54 Å². The number of para-hydroxylation sites is 1. The smallest absolute Gasteiger partial charge is 0.273 e. The van der Waals surface area contributed by atoms with Crippen LogP contribution in [0.25, 0.3) is 10.9 Å². The van der Waals surface area contributed by atoms with E-state index in [1.165, 1.54) is 0 Å². The lowest BCUT2D eigenvalue weighted by Gasteiger charge is -2.02. The SMILES string of the molecule is O=C(NCCc1c[nH]c2ccc(Cl)cc12)c1cc(Cc2ccccc2O)on1. The highest BCUT2D eigenvalue weighted by molar-refractivity contribution is 6.31. The van der Waals surface area contributed by atoms with Gasteiger partial charge in [0.25, 0.3) is 5.91 Å². The van der Waals surface area contributed by atoms with Crippen molar-refractivity contribution in [1.82, 2.24) is 15.5 Å². The Morgan fingerprint density at radius 1 is 1.18 bits per heavy atom. The number of aromatic nitrogens is 2. The van der Waals surface area contributed by atoms with Crippen molar-refractivity contribution in [2.45, 2.75) is 12.8 Å². The molecule has 2 heterocycles. The van der Waals surface area contributed by atoms with Crippen LogP contribution in [0.2, 0.25) is 5.02 Å². The summed E-state index contributed by atoms with van der Waals surface area (Å²) in [6.45, 7) is 0.458. The summed E-state index contributed by atoms with van der Waals surface area (Å²) in [5.41, 5.74) is 3.02. The number of nitrogens with zero attached hydrogens (tertiary/aromatic N) is 1. The first-order valence-corrected chi connectivity index (χ1v) is 9.24. The summed E-state index contributed by atoms with van der Waals surface area (Å²) < 4.78 is 5.23. The topological polar surface area (TPSA) is 91.2 Å². The standard InChI is InChI=1S/C21H18ClN3O3/c22-15-5-6-18-17(10-15)14(12-24-18)7-8-23-21(27)19-11-16(28-25-19)9-13-3-1-2-4-20(13)26/h1-6,10-12,24,26H,7-9H2,(H,23,27). The first-order valence-electron chi connectivity index (χ1n) is 8.86. The van der Waals surface area contributed by atoms with E-state index in [1.54, 1.807) is 24.3 Å². The number of halogens is 1. The molecule has 4 aromatic rings. The second kappa shape index (κ2) is 7.78. The Kier molecular flexibility index (Phi) is 5.04. The van der Waals surface area contributed by atoms with Crippen molar-refractivity contribution in [3.63, 3.8) is 0 Å². The molecule has 0 fully saturated rings. The summed E-state index contributed by atoms with van der Waals surface area (Å²) in [6.07, 6.45) is 2.95. The highest BCUT2D eigenvalue weighted by atomic mass is 35.5. The molecule has 2 aromatic heterocycles. The predicted octanol–water partition coefficient (Wildman–Crippen LogP) is 4.08. The third-order valence-corrected chi connectivity index (χ3v) is 4.79. The Morgan fingerprint density at radius 2 is 2.04 bits per heavy atom. The molecule has 4 rings (SSSR count). The zero-order chi connectivity index (χ0) is 19.5. The van der Waals surface area contributed by atoms with Crippen LogP contribution in [0.4, 0.5) is 0 Å². The first kappa shape index (κ1) is 18.1. The number of nitrogens with one attached hydrogen (secondary N) is 2. The van der Waals surface area contributed by atoms with E-state index < -0.39 is 0 Å². The van der Waals surface area contributed by atoms with Gasteiger partial charge >= 0.3 is 0 Å². The highest BCUT2D eigenvalue weighted by Crippen LogP contribution is 2.23. The maximum absolute atomic E-state index is 12.3. The molecule has 6 nitrogen and oxygen atoms in total. The molecule has 0 aliphatic heterocycles. The normalized spacial score (nSPS) is 11.0. The summed E-state index contributed by atoms with van der Waals surface area (Å²) in [6, 6.07) is 14.3. The monoisotopic (exact) mass is 395 g/mol. The third kappa shape index (κ3) is 3.87. The molecule has 0 saturated heterocycles. The largest absolute Gasteiger partial charge is 0.508 e. The number of aromatic amines is 1. The number of phenolic OH excluding ortho intramolecular Hbond substituents is 1. The number of rotatable bonds is 6. The molecule has 142 valence electrons. The Labute approximate surface area is 166 Å². The number of amides is 1. The molecule has 0 bridgehead atoms. The number of H-pyrrole nitrogens is 1. The maximum atomic E-state index is 12.3. The van der Waals surface area contributed by atoms with Gasteiger partial charge < -0.3 is 19.9 Å². The van der Waals surface area contributed by atoms with Gasteiger partial charge in [0, 0.05) is 46.7 Å². The minimum atomic E-state index is -0.301. The second-order valence-electron chi connectivity index (χ2n) is 6.49. The number of carbonyl (C=O) groups is 1. The molecule has 0 aliphatic rings. The van der Waals surface area contributed by atoms with Gasteiger partial charge in [-0.1, -0.05) is 35.0 Å². The Bertz CT molecular complexity index is 1130. The number of carbonyl (C=O) groups excluding carboxylic acids is 1. The first-order chi connectivity index (χ1) is 13.6. The number of hydrogen-bond donors (Lipinski definition) is 3. The van der Waals surface area contributed by atoms with Gasteiger partial charge in [-0.15, -0.1) is 0 Å². The molecule has 0 radical (unpaired) electrons. The third-order valence-electron chi connectivity index (χ3n) is 4.56. The molecule has 0 unspecified atom stereocenters. The molecule has 2 aromatic carbocycles. The number of fused-ring (bicyclic) bond motifs is 1. The summed E-state index contributed by atoms with van der Waals surface area (Å²) in [4.78, 5) is 15.5. The van der Waals surface area contributed by atoms with Crippen molar-refractivity contribution >= 4 is 28.4 Å². The zero-order valence-electron chi connectivity index (χ0n) is 14.9. The summed E-state index contributed by atoms with van der Waals surface area (Å²) >= 11 is 6.06. The van der Waals surface area contributed by atoms with E-state index in [0.717, 1.165) is 16.5 Å². The average Bonchev–Trinajstić information content (AvgIpc) is 3.31. The van der Waals surface area contributed by atoms with Crippen LogP contribution in [0.3, 0.4) is 0 Å². The number of hydrogen-bond acceptors (Lipinski definition) is 4. The zero-order valence-corrected chi connectivity index (χ0v) is 15.7. The fourth-order valence-corrected chi connectivity index (χ4v) is 3.28. The Morgan fingerprint density at radius 3 is 2.89 bits per heavy atom. The van der Waals surface area contributed by atoms with Crippen molar-refractivity contribution in [3.8, 4) is 5.75 Å². The molecule has 0 aliphatic carbocycles. The molecule has 3 N–H and O–H groups in total.